The molecule has 0 radical (unpaired) electrons. The maximum atomic E-state index is 12.2. The fourth-order valence-electron chi connectivity index (χ4n) is 2.51. The zero-order chi connectivity index (χ0) is 22.1. The molecule has 0 heterocycles. The zero-order valence-electron chi connectivity index (χ0n) is 17.9. The summed E-state index contributed by atoms with van der Waals surface area (Å²) in [6, 6.07) is 13.8. The van der Waals surface area contributed by atoms with Crippen LogP contribution in [0.1, 0.15) is 44.0 Å². The highest BCUT2D eigenvalue weighted by atomic mass is 16.5. The van der Waals surface area contributed by atoms with Crippen LogP contribution in [0, 0.1) is 5.41 Å². The van der Waals surface area contributed by atoms with Crippen molar-refractivity contribution in [2.75, 3.05) is 24.3 Å². The number of hydrogen-bond acceptors (Lipinski definition) is 4. The van der Waals surface area contributed by atoms with E-state index in [1.165, 1.54) is 0 Å². The number of hydrogen-bond donors (Lipinski definition) is 3. The fourth-order valence-corrected chi connectivity index (χ4v) is 2.51. The second-order valence-corrected chi connectivity index (χ2v) is 7.92. The van der Waals surface area contributed by atoms with Crippen LogP contribution in [-0.4, -0.2) is 31.4 Å². The number of amides is 3. The molecule has 0 aliphatic heterocycles. The van der Waals surface area contributed by atoms with Crippen LogP contribution in [0.4, 0.5) is 11.4 Å². The molecule has 3 amide bonds. The molecule has 7 heteroatoms. The molecule has 0 fully saturated rings. The van der Waals surface area contributed by atoms with E-state index in [1.54, 1.807) is 55.6 Å². The highest BCUT2D eigenvalue weighted by Gasteiger charge is 2.21. The molecule has 160 valence electrons. The van der Waals surface area contributed by atoms with Crippen molar-refractivity contribution in [3.05, 3.63) is 54.1 Å². The SMILES string of the molecule is COc1ccc(C(=O)NCCCC(=O)Nc2cccc(NC(=O)C(C)(C)C)c2)cc1. The molecule has 3 N–H and O–H groups in total. The van der Waals surface area contributed by atoms with Crippen LogP contribution < -0.4 is 20.7 Å². The van der Waals surface area contributed by atoms with Crippen molar-refractivity contribution in [2.45, 2.75) is 33.6 Å². The first kappa shape index (κ1) is 22.9. The summed E-state index contributed by atoms with van der Waals surface area (Å²) >= 11 is 0. The Bertz CT molecular complexity index is 886. The molecule has 0 aliphatic rings. The smallest absolute Gasteiger partial charge is 0.251 e. The van der Waals surface area contributed by atoms with Gasteiger partial charge >= 0.3 is 0 Å². The topological polar surface area (TPSA) is 96.5 Å². The Hall–Kier alpha value is -3.35. The lowest BCUT2D eigenvalue weighted by atomic mass is 9.95. The number of ether oxygens (including phenoxy) is 1. The van der Waals surface area contributed by atoms with E-state index in [0.29, 0.717) is 35.7 Å². The molecule has 0 spiro atoms. The van der Waals surface area contributed by atoms with Gasteiger partial charge < -0.3 is 20.7 Å². The summed E-state index contributed by atoms with van der Waals surface area (Å²) in [4.78, 5) is 36.3. The number of nitrogens with one attached hydrogen (secondary N) is 3. The Balaban J connectivity index is 1.76. The van der Waals surface area contributed by atoms with Crippen molar-refractivity contribution >= 4 is 29.1 Å². The molecule has 0 saturated carbocycles. The normalized spacial score (nSPS) is 10.8. The van der Waals surface area contributed by atoms with Crippen molar-refractivity contribution in [2.24, 2.45) is 5.41 Å². The van der Waals surface area contributed by atoms with Gasteiger partial charge in [0.2, 0.25) is 11.8 Å². The number of methoxy groups -OCH3 is 1. The maximum absolute atomic E-state index is 12.2. The van der Waals surface area contributed by atoms with Crippen LogP contribution in [0.15, 0.2) is 48.5 Å². The summed E-state index contributed by atoms with van der Waals surface area (Å²) in [5, 5.41) is 8.44. The van der Waals surface area contributed by atoms with Crippen LogP contribution >= 0.6 is 0 Å². The second kappa shape index (κ2) is 10.4. The third-order valence-electron chi connectivity index (χ3n) is 4.30. The predicted molar refractivity (Wildman–Crippen MR) is 118 cm³/mol. The molecule has 2 aromatic rings. The average Bonchev–Trinajstić information content (AvgIpc) is 2.70. The minimum atomic E-state index is -0.504. The van der Waals surface area contributed by atoms with E-state index in [2.05, 4.69) is 16.0 Å². The van der Waals surface area contributed by atoms with E-state index >= 15 is 0 Å². The van der Waals surface area contributed by atoms with Gasteiger partial charge in [0.25, 0.3) is 5.91 Å². The maximum Gasteiger partial charge on any atom is 0.251 e. The van der Waals surface area contributed by atoms with Crippen molar-refractivity contribution < 1.29 is 19.1 Å². The molecule has 0 aromatic heterocycles. The molecule has 2 rings (SSSR count). The molecule has 0 atom stereocenters. The molecule has 30 heavy (non-hydrogen) atoms. The first-order valence-corrected chi connectivity index (χ1v) is 9.82. The number of rotatable bonds is 8. The van der Waals surface area contributed by atoms with Crippen LogP contribution in [0.25, 0.3) is 0 Å². The Kier molecular flexibility index (Phi) is 7.98. The van der Waals surface area contributed by atoms with Crippen molar-refractivity contribution in [3.8, 4) is 5.75 Å². The van der Waals surface area contributed by atoms with Gasteiger partial charge in [-0.1, -0.05) is 26.8 Å². The molecular weight excluding hydrogens is 382 g/mol. The Labute approximate surface area is 177 Å². The van der Waals surface area contributed by atoms with E-state index in [4.69, 9.17) is 4.74 Å². The van der Waals surface area contributed by atoms with Crippen LogP contribution in [0.5, 0.6) is 5.75 Å². The predicted octanol–water partition coefficient (Wildman–Crippen LogP) is 3.83. The van der Waals surface area contributed by atoms with Crippen LogP contribution in [0.2, 0.25) is 0 Å². The molecule has 0 saturated heterocycles. The number of anilines is 2. The second-order valence-electron chi connectivity index (χ2n) is 7.92. The minimum absolute atomic E-state index is 0.0985. The van der Waals surface area contributed by atoms with Crippen LogP contribution in [-0.2, 0) is 9.59 Å². The van der Waals surface area contributed by atoms with Crippen molar-refractivity contribution in [1.82, 2.24) is 5.32 Å². The van der Waals surface area contributed by atoms with Gasteiger partial charge in [0, 0.05) is 35.3 Å². The zero-order valence-corrected chi connectivity index (χ0v) is 17.9. The number of carbonyl (C=O) groups excluding carboxylic acids is 3. The van der Waals surface area contributed by atoms with Gasteiger partial charge in [0.05, 0.1) is 7.11 Å². The summed E-state index contributed by atoms with van der Waals surface area (Å²) < 4.78 is 5.07. The first-order chi connectivity index (χ1) is 14.2. The highest BCUT2D eigenvalue weighted by molar-refractivity contribution is 5.96. The lowest BCUT2D eigenvalue weighted by molar-refractivity contribution is -0.123. The number of benzene rings is 2. The Morgan fingerprint density at radius 3 is 2.17 bits per heavy atom. The minimum Gasteiger partial charge on any atom is -0.497 e. The summed E-state index contributed by atoms with van der Waals surface area (Å²) in [5.41, 5.74) is 1.26. The molecule has 0 bridgehead atoms. The van der Waals surface area contributed by atoms with Crippen molar-refractivity contribution in [1.29, 1.82) is 0 Å². The summed E-state index contributed by atoms with van der Waals surface area (Å²) in [5.74, 6) is 0.234. The van der Waals surface area contributed by atoms with Gasteiger partial charge in [-0.15, -0.1) is 0 Å². The summed E-state index contributed by atoms with van der Waals surface area (Å²) in [6.45, 7) is 5.89. The van der Waals surface area contributed by atoms with E-state index < -0.39 is 5.41 Å². The molecular formula is C23H29N3O4. The molecule has 0 aliphatic carbocycles. The lowest BCUT2D eigenvalue weighted by Crippen LogP contribution is -2.27. The van der Waals surface area contributed by atoms with Gasteiger partial charge in [-0.05, 0) is 48.9 Å². The third-order valence-corrected chi connectivity index (χ3v) is 4.30. The molecule has 7 nitrogen and oxygen atoms in total. The van der Waals surface area contributed by atoms with E-state index in [-0.39, 0.29) is 24.1 Å². The van der Waals surface area contributed by atoms with E-state index in [0.717, 1.165) is 0 Å². The fraction of sp³-hybridized carbons (Fsp3) is 0.348. The van der Waals surface area contributed by atoms with E-state index in [9.17, 15) is 14.4 Å². The monoisotopic (exact) mass is 411 g/mol. The largest absolute Gasteiger partial charge is 0.497 e. The molecule has 2 aromatic carbocycles. The van der Waals surface area contributed by atoms with E-state index in [1.807, 2.05) is 20.8 Å². The Morgan fingerprint density at radius 2 is 1.57 bits per heavy atom. The summed E-state index contributed by atoms with van der Waals surface area (Å²) in [7, 11) is 1.57. The van der Waals surface area contributed by atoms with Gasteiger partial charge in [-0.25, -0.2) is 0 Å². The average molecular weight is 412 g/mol. The lowest BCUT2D eigenvalue weighted by Gasteiger charge is -2.18. The van der Waals surface area contributed by atoms with Gasteiger partial charge in [-0.3, -0.25) is 14.4 Å². The quantitative estimate of drug-likeness (QED) is 0.575. The Morgan fingerprint density at radius 1 is 0.933 bits per heavy atom. The van der Waals surface area contributed by atoms with Crippen molar-refractivity contribution in [3.63, 3.8) is 0 Å². The summed E-state index contributed by atoms with van der Waals surface area (Å²) in [6.07, 6.45) is 0.773. The number of carbonyl (C=O) groups is 3. The van der Waals surface area contributed by atoms with Gasteiger partial charge in [0.15, 0.2) is 0 Å². The van der Waals surface area contributed by atoms with Gasteiger partial charge in [0.1, 0.15) is 5.75 Å². The standard InChI is InChI=1S/C23H29N3O4/c1-23(2,3)22(29)26-18-8-5-7-17(15-18)25-20(27)9-6-14-24-21(28)16-10-12-19(30-4)13-11-16/h5,7-8,10-13,15H,6,9,14H2,1-4H3,(H,24,28)(H,25,27)(H,26,29). The molecule has 0 unspecified atom stereocenters. The first-order valence-electron chi connectivity index (χ1n) is 9.82. The van der Waals surface area contributed by atoms with Gasteiger partial charge in [-0.2, -0.15) is 0 Å². The third kappa shape index (κ3) is 7.24. The highest BCUT2D eigenvalue weighted by Crippen LogP contribution is 2.20. The van der Waals surface area contributed by atoms with Crippen LogP contribution in [0.3, 0.4) is 0 Å².